The van der Waals surface area contributed by atoms with Crippen LogP contribution in [0, 0.1) is 0 Å². The predicted molar refractivity (Wildman–Crippen MR) is 102 cm³/mol. The Morgan fingerprint density at radius 3 is 2.61 bits per heavy atom. The van der Waals surface area contributed by atoms with Crippen LogP contribution in [0.5, 0.6) is 0 Å². The fourth-order valence-electron chi connectivity index (χ4n) is 1.73. The SMILES string of the molecule is CCCCNCCSSC(C)(C)CC(=O)NCCOCCOC. The predicted octanol–water partition coefficient (Wildman–Crippen LogP) is 2.71. The van der Waals surface area contributed by atoms with E-state index in [1.807, 2.05) is 10.8 Å². The zero-order chi connectivity index (χ0) is 17.4. The van der Waals surface area contributed by atoms with Crippen molar-refractivity contribution in [1.82, 2.24) is 10.6 Å². The van der Waals surface area contributed by atoms with Crippen molar-refractivity contribution in [3.63, 3.8) is 0 Å². The molecule has 1 amide bonds. The first kappa shape index (κ1) is 23.1. The number of ether oxygens (including phenoxy) is 2. The molecule has 0 rings (SSSR count). The van der Waals surface area contributed by atoms with Gasteiger partial charge in [-0.15, -0.1) is 0 Å². The molecule has 0 unspecified atom stereocenters. The van der Waals surface area contributed by atoms with Crippen molar-refractivity contribution in [2.45, 2.75) is 44.8 Å². The average Bonchev–Trinajstić information content (AvgIpc) is 2.49. The highest BCUT2D eigenvalue weighted by Gasteiger charge is 2.22. The molecule has 0 aromatic carbocycles. The third kappa shape index (κ3) is 16.7. The van der Waals surface area contributed by atoms with Gasteiger partial charge in [-0.05, 0) is 26.8 Å². The van der Waals surface area contributed by atoms with Crippen molar-refractivity contribution >= 4 is 27.5 Å². The van der Waals surface area contributed by atoms with Crippen LogP contribution in [0.25, 0.3) is 0 Å². The van der Waals surface area contributed by atoms with Crippen molar-refractivity contribution in [2.24, 2.45) is 0 Å². The van der Waals surface area contributed by atoms with Gasteiger partial charge in [0.25, 0.3) is 0 Å². The summed E-state index contributed by atoms with van der Waals surface area (Å²) in [6, 6.07) is 0. The molecule has 0 saturated heterocycles. The first-order chi connectivity index (χ1) is 11.0. The molecular formula is C16H34N2O3S2. The highest BCUT2D eigenvalue weighted by molar-refractivity contribution is 8.77. The monoisotopic (exact) mass is 366 g/mol. The Kier molecular flexibility index (Phi) is 15.6. The molecule has 7 heteroatoms. The molecule has 23 heavy (non-hydrogen) atoms. The second kappa shape index (κ2) is 15.6. The quantitative estimate of drug-likeness (QED) is 0.323. The van der Waals surface area contributed by atoms with Crippen molar-refractivity contribution < 1.29 is 14.3 Å². The molecule has 0 aromatic heterocycles. The molecular weight excluding hydrogens is 332 g/mol. The third-order valence-electron chi connectivity index (χ3n) is 2.94. The van der Waals surface area contributed by atoms with E-state index in [4.69, 9.17) is 9.47 Å². The van der Waals surface area contributed by atoms with Crippen molar-refractivity contribution in [3.8, 4) is 0 Å². The van der Waals surface area contributed by atoms with Crippen LogP contribution < -0.4 is 10.6 Å². The Bertz CT molecular complexity index is 292. The topological polar surface area (TPSA) is 59.6 Å². The van der Waals surface area contributed by atoms with Gasteiger partial charge in [-0.2, -0.15) is 0 Å². The van der Waals surface area contributed by atoms with Crippen molar-refractivity contribution in [2.75, 3.05) is 52.3 Å². The van der Waals surface area contributed by atoms with Crippen LogP contribution in [-0.4, -0.2) is 63.0 Å². The minimum atomic E-state index is -0.0604. The van der Waals surface area contributed by atoms with E-state index in [1.54, 1.807) is 17.9 Å². The zero-order valence-corrected chi connectivity index (χ0v) is 16.7. The van der Waals surface area contributed by atoms with E-state index < -0.39 is 0 Å². The lowest BCUT2D eigenvalue weighted by atomic mass is 10.1. The second-order valence-electron chi connectivity index (χ2n) is 5.90. The Morgan fingerprint density at radius 2 is 1.91 bits per heavy atom. The van der Waals surface area contributed by atoms with Gasteiger partial charge in [0, 0.05) is 37.1 Å². The molecule has 0 heterocycles. The summed E-state index contributed by atoms with van der Waals surface area (Å²) in [6.45, 7) is 10.8. The Labute approximate surface area is 149 Å². The molecule has 0 aliphatic heterocycles. The minimum absolute atomic E-state index is 0.0604. The number of hydrogen-bond donors (Lipinski definition) is 2. The van der Waals surface area contributed by atoms with Crippen LogP contribution in [0.1, 0.15) is 40.0 Å². The summed E-state index contributed by atoms with van der Waals surface area (Å²) in [5.74, 6) is 1.15. The molecule has 5 nitrogen and oxygen atoms in total. The van der Waals surface area contributed by atoms with E-state index in [0.29, 0.717) is 32.8 Å². The maximum Gasteiger partial charge on any atom is 0.221 e. The van der Waals surface area contributed by atoms with Crippen LogP contribution >= 0.6 is 21.6 Å². The number of carbonyl (C=O) groups excluding carboxylic acids is 1. The lowest BCUT2D eigenvalue weighted by Gasteiger charge is -2.22. The fraction of sp³-hybridized carbons (Fsp3) is 0.938. The molecule has 138 valence electrons. The van der Waals surface area contributed by atoms with Gasteiger partial charge < -0.3 is 20.1 Å². The summed E-state index contributed by atoms with van der Waals surface area (Å²) in [5, 5.41) is 6.33. The first-order valence-corrected chi connectivity index (χ1v) is 10.7. The van der Waals surface area contributed by atoms with Crippen LogP contribution in [0.3, 0.4) is 0 Å². The van der Waals surface area contributed by atoms with E-state index in [2.05, 4.69) is 31.4 Å². The number of unbranched alkanes of at least 4 members (excludes halogenated alkanes) is 1. The number of rotatable bonds is 16. The first-order valence-electron chi connectivity index (χ1n) is 8.36. The summed E-state index contributed by atoms with van der Waals surface area (Å²) in [7, 11) is 5.27. The van der Waals surface area contributed by atoms with Gasteiger partial charge in [0.15, 0.2) is 0 Å². The lowest BCUT2D eigenvalue weighted by molar-refractivity contribution is -0.121. The average molecular weight is 367 g/mol. The van der Waals surface area contributed by atoms with Gasteiger partial charge >= 0.3 is 0 Å². The number of amides is 1. The zero-order valence-electron chi connectivity index (χ0n) is 15.1. The molecule has 0 saturated carbocycles. The van der Waals surface area contributed by atoms with Gasteiger partial charge in [0.05, 0.1) is 19.8 Å². The molecule has 0 spiro atoms. The third-order valence-corrected chi connectivity index (χ3v) is 6.23. The highest BCUT2D eigenvalue weighted by Crippen LogP contribution is 2.37. The highest BCUT2D eigenvalue weighted by atomic mass is 33.1. The van der Waals surface area contributed by atoms with Gasteiger partial charge in [-0.1, -0.05) is 34.9 Å². The van der Waals surface area contributed by atoms with Crippen LogP contribution in [0.15, 0.2) is 0 Å². The summed E-state index contributed by atoms with van der Waals surface area (Å²) in [6.07, 6.45) is 2.99. The molecule has 0 atom stereocenters. The fourth-order valence-corrected chi connectivity index (χ4v) is 4.18. The maximum atomic E-state index is 11.9. The van der Waals surface area contributed by atoms with E-state index >= 15 is 0 Å². The van der Waals surface area contributed by atoms with Gasteiger partial charge in [0.2, 0.25) is 5.91 Å². The van der Waals surface area contributed by atoms with Gasteiger partial charge in [-0.3, -0.25) is 4.79 Å². The van der Waals surface area contributed by atoms with E-state index in [9.17, 15) is 4.79 Å². The molecule has 0 aliphatic rings. The van der Waals surface area contributed by atoms with Crippen LogP contribution in [0.2, 0.25) is 0 Å². The minimum Gasteiger partial charge on any atom is -0.382 e. The molecule has 2 N–H and O–H groups in total. The van der Waals surface area contributed by atoms with Crippen molar-refractivity contribution in [3.05, 3.63) is 0 Å². The summed E-state index contributed by atoms with van der Waals surface area (Å²) >= 11 is 0. The number of methoxy groups -OCH3 is 1. The lowest BCUT2D eigenvalue weighted by Crippen LogP contribution is -2.32. The molecule has 0 bridgehead atoms. The smallest absolute Gasteiger partial charge is 0.221 e. The van der Waals surface area contributed by atoms with Crippen molar-refractivity contribution in [1.29, 1.82) is 0 Å². The molecule has 0 radical (unpaired) electrons. The summed E-state index contributed by atoms with van der Waals surface area (Å²) in [4.78, 5) is 11.9. The Hall–Kier alpha value is 0.0500. The van der Waals surface area contributed by atoms with Gasteiger partial charge in [0.1, 0.15) is 0 Å². The van der Waals surface area contributed by atoms with Crippen LogP contribution in [-0.2, 0) is 14.3 Å². The van der Waals surface area contributed by atoms with E-state index in [1.165, 1.54) is 12.8 Å². The normalized spacial score (nSPS) is 11.7. The largest absolute Gasteiger partial charge is 0.382 e. The Morgan fingerprint density at radius 1 is 1.13 bits per heavy atom. The van der Waals surface area contributed by atoms with E-state index in [-0.39, 0.29) is 10.7 Å². The number of carbonyl (C=O) groups is 1. The summed E-state index contributed by atoms with van der Waals surface area (Å²) < 4.78 is 10.1. The second-order valence-corrected chi connectivity index (χ2v) is 9.02. The van der Waals surface area contributed by atoms with E-state index in [0.717, 1.165) is 18.8 Å². The maximum absolute atomic E-state index is 11.9. The molecule has 0 aliphatic carbocycles. The number of nitrogens with one attached hydrogen (secondary N) is 2. The number of hydrogen-bond acceptors (Lipinski definition) is 6. The molecule has 0 fully saturated rings. The molecule has 0 aromatic rings. The van der Waals surface area contributed by atoms with Crippen LogP contribution in [0.4, 0.5) is 0 Å². The Balaban J connectivity index is 3.58. The van der Waals surface area contributed by atoms with Gasteiger partial charge in [-0.25, -0.2) is 0 Å². The standard InChI is InChI=1S/C16H34N2O3S2/c1-5-6-7-17-9-13-22-23-16(2,3)14-15(19)18-8-10-21-12-11-20-4/h17H,5-14H2,1-4H3,(H,18,19). The summed E-state index contributed by atoms with van der Waals surface area (Å²) in [5.41, 5.74) is 0.